The Hall–Kier alpha value is -1.58. The van der Waals surface area contributed by atoms with Crippen molar-refractivity contribution in [1.82, 2.24) is 0 Å². The van der Waals surface area contributed by atoms with Gasteiger partial charge in [-0.25, -0.2) is 4.79 Å². The third-order valence-electron chi connectivity index (χ3n) is 1.79. The van der Waals surface area contributed by atoms with Gasteiger partial charge in [0.15, 0.2) is 5.78 Å². The number of hydrogen-bond acceptors (Lipinski definition) is 4. The summed E-state index contributed by atoms with van der Waals surface area (Å²) in [4.78, 5) is 22.4. The largest absolute Gasteiger partial charge is 0.466 e. The second-order valence-corrected chi connectivity index (χ2v) is 3.13. The Balaban J connectivity index is 4.72. The van der Waals surface area contributed by atoms with Crippen LogP contribution in [0.3, 0.4) is 0 Å². The molecule has 0 saturated carbocycles. The highest BCUT2D eigenvalue weighted by atomic mass is 16.5. The molecule has 0 unspecified atom stereocenters. The lowest BCUT2D eigenvalue weighted by Crippen LogP contribution is -2.08. The Bertz CT molecular complexity index is 299. The molecule has 84 valence electrons. The number of hydrogen-bond donors (Lipinski definition) is 1. The van der Waals surface area contributed by atoms with E-state index in [1.807, 2.05) is 6.92 Å². The van der Waals surface area contributed by atoms with Gasteiger partial charge >= 0.3 is 5.97 Å². The van der Waals surface area contributed by atoms with Gasteiger partial charge in [0.1, 0.15) is 0 Å². The number of ether oxygens (including phenoxy) is 1. The van der Waals surface area contributed by atoms with Crippen LogP contribution in [0, 0.1) is 0 Å². The van der Waals surface area contributed by atoms with Crippen molar-refractivity contribution in [3.63, 3.8) is 0 Å². The summed E-state index contributed by atoms with van der Waals surface area (Å²) in [5, 5.41) is 0. The van der Waals surface area contributed by atoms with Gasteiger partial charge in [-0.3, -0.25) is 4.79 Å². The summed E-state index contributed by atoms with van der Waals surface area (Å²) < 4.78 is 4.42. The zero-order valence-electron chi connectivity index (χ0n) is 9.37. The predicted octanol–water partition coefficient (Wildman–Crippen LogP) is 1.32. The fourth-order valence-corrected chi connectivity index (χ4v) is 1.03. The lowest BCUT2D eigenvalue weighted by Gasteiger charge is -2.02. The molecule has 15 heavy (non-hydrogen) atoms. The first kappa shape index (κ1) is 13.4. The summed E-state index contributed by atoms with van der Waals surface area (Å²) in [6.07, 6.45) is 3.77. The second kappa shape index (κ2) is 6.81. The van der Waals surface area contributed by atoms with E-state index in [2.05, 4.69) is 4.74 Å². The zero-order valence-corrected chi connectivity index (χ0v) is 9.37. The van der Waals surface area contributed by atoms with Gasteiger partial charge < -0.3 is 10.5 Å². The Morgan fingerprint density at radius 2 is 1.93 bits per heavy atom. The monoisotopic (exact) mass is 211 g/mol. The summed E-state index contributed by atoms with van der Waals surface area (Å²) >= 11 is 0. The summed E-state index contributed by atoms with van der Waals surface area (Å²) in [6.45, 7) is 3.54. The van der Waals surface area contributed by atoms with Gasteiger partial charge in [0.2, 0.25) is 0 Å². The molecule has 0 aliphatic rings. The minimum Gasteiger partial charge on any atom is -0.466 e. The molecule has 0 spiro atoms. The number of carbonyl (C=O) groups is 2. The fourth-order valence-electron chi connectivity index (χ4n) is 1.03. The Labute approximate surface area is 89.8 Å². The number of rotatable bonds is 5. The molecule has 4 heteroatoms. The van der Waals surface area contributed by atoms with Crippen molar-refractivity contribution in [1.29, 1.82) is 0 Å². The van der Waals surface area contributed by atoms with E-state index < -0.39 is 5.97 Å². The van der Waals surface area contributed by atoms with E-state index >= 15 is 0 Å². The van der Waals surface area contributed by atoms with Gasteiger partial charge in [0, 0.05) is 23.8 Å². The molecular weight excluding hydrogens is 194 g/mol. The highest BCUT2D eigenvalue weighted by Gasteiger charge is 2.08. The molecule has 0 saturated heterocycles. The van der Waals surface area contributed by atoms with E-state index in [0.29, 0.717) is 17.7 Å². The van der Waals surface area contributed by atoms with Crippen LogP contribution in [0.4, 0.5) is 0 Å². The summed E-state index contributed by atoms with van der Waals surface area (Å²) in [5.74, 6) is -0.560. The van der Waals surface area contributed by atoms with Gasteiger partial charge in [-0.05, 0) is 19.4 Å². The van der Waals surface area contributed by atoms with Gasteiger partial charge in [0.05, 0.1) is 7.11 Å². The Morgan fingerprint density at radius 1 is 1.33 bits per heavy atom. The molecule has 0 radical (unpaired) electrons. The lowest BCUT2D eigenvalue weighted by atomic mass is 10.1. The predicted molar refractivity (Wildman–Crippen MR) is 58.0 cm³/mol. The van der Waals surface area contributed by atoms with Crippen molar-refractivity contribution in [2.24, 2.45) is 5.73 Å². The van der Waals surface area contributed by atoms with E-state index in [-0.39, 0.29) is 5.78 Å². The van der Waals surface area contributed by atoms with Crippen molar-refractivity contribution in [3.05, 3.63) is 23.4 Å². The van der Waals surface area contributed by atoms with E-state index in [9.17, 15) is 9.59 Å². The van der Waals surface area contributed by atoms with E-state index in [1.165, 1.54) is 19.3 Å². The minimum absolute atomic E-state index is 0.0577. The maximum Gasteiger partial charge on any atom is 0.330 e. The maximum absolute atomic E-state index is 11.5. The van der Waals surface area contributed by atoms with E-state index in [0.717, 1.165) is 6.42 Å². The van der Waals surface area contributed by atoms with Crippen LogP contribution in [0.25, 0.3) is 0 Å². The normalized spacial score (nSPS) is 12.5. The third-order valence-corrected chi connectivity index (χ3v) is 1.79. The third kappa shape index (κ3) is 5.00. The van der Waals surface area contributed by atoms with Crippen molar-refractivity contribution in [3.8, 4) is 0 Å². The maximum atomic E-state index is 11.5. The highest BCUT2D eigenvalue weighted by molar-refractivity contribution is 5.99. The van der Waals surface area contributed by atoms with Crippen molar-refractivity contribution in [2.45, 2.75) is 26.7 Å². The molecule has 0 aliphatic heterocycles. The van der Waals surface area contributed by atoms with Gasteiger partial charge in [0.25, 0.3) is 0 Å². The highest BCUT2D eigenvalue weighted by Crippen LogP contribution is 2.07. The van der Waals surface area contributed by atoms with Crippen LogP contribution < -0.4 is 5.73 Å². The molecule has 0 aliphatic carbocycles. The first-order valence-electron chi connectivity index (χ1n) is 4.78. The molecule has 0 aromatic carbocycles. The summed E-state index contributed by atoms with van der Waals surface area (Å²) in [6, 6.07) is 0. The molecular formula is C11H17NO3. The molecule has 0 fully saturated rings. The Morgan fingerprint density at radius 3 is 2.33 bits per heavy atom. The van der Waals surface area contributed by atoms with Crippen LogP contribution in [0.1, 0.15) is 26.7 Å². The number of methoxy groups -OCH3 is 1. The van der Waals surface area contributed by atoms with Crippen LogP contribution in [0.15, 0.2) is 23.4 Å². The van der Waals surface area contributed by atoms with Crippen LogP contribution in [0.2, 0.25) is 0 Å². The topological polar surface area (TPSA) is 69.4 Å². The number of carbonyl (C=O) groups excluding carboxylic acids is 2. The summed E-state index contributed by atoms with van der Waals surface area (Å²) in [5.41, 5.74) is 6.34. The molecule has 0 aromatic rings. The van der Waals surface area contributed by atoms with E-state index in [4.69, 9.17) is 5.73 Å². The van der Waals surface area contributed by atoms with E-state index in [1.54, 1.807) is 6.92 Å². The standard InChI is InChI=1S/C11H17NO3/c1-4-5-10(13)9(8(2)12)6-7-11(14)15-3/h6-7H,4-5,12H2,1-3H3. The SMILES string of the molecule is CCCC(=O)C(C=CC(=O)OC)=C(C)N. The van der Waals surface area contributed by atoms with Crippen LogP contribution in [-0.2, 0) is 14.3 Å². The molecule has 0 bridgehead atoms. The average molecular weight is 211 g/mol. The fraction of sp³-hybridized carbons (Fsp3) is 0.455. The molecule has 2 N–H and O–H groups in total. The number of esters is 1. The smallest absolute Gasteiger partial charge is 0.330 e. The number of nitrogens with two attached hydrogens (primary N) is 1. The van der Waals surface area contributed by atoms with Crippen LogP contribution in [0.5, 0.6) is 0 Å². The summed E-state index contributed by atoms with van der Waals surface area (Å²) in [7, 11) is 1.28. The number of ketones is 1. The van der Waals surface area contributed by atoms with Gasteiger partial charge in [-0.15, -0.1) is 0 Å². The lowest BCUT2D eigenvalue weighted by molar-refractivity contribution is -0.134. The molecule has 4 nitrogen and oxygen atoms in total. The Kier molecular flexibility index (Phi) is 6.09. The molecule has 0 atom stereocenters. The quantitative estimate of drug-likeness (QED) is 0.423. The minimum atomic E-state index is -0.502. The molecule has 0 amide bonds. The van der Waals surface area contributed by atoms with Crippen molar-refractivity contribution < 1.29 is 14.3 Å². The van der Waals surface area contributed by atoms with Crippen molar-refractivity contribution in [2.75, 3.05) is 7.11 Å². The first-order valence-corrected chi connectivity index (χ1v) is 4.78. The van der Waals surface area contributed by atoms with Gasteiger partial charge in [-0.2, -0.15) is 0 Å². The number of allylic oxidation sites excluding steroid dienone is 3. The molecule has 0 rings (SSSR count). The van der Waals surface area contributed by atoms with Crippen LogP contribution in [-0.4, -0.2) is 18.9 Å². The average Bonchev–Trinajstić information content (AvgIpc) is 2.17. The second-order valence-electron chi connectivity index (χ2n) is 3.13. The molecule has 0 heterocycles. The number of Topliss-reactive ketones (excluding diaryl/α,β-unsaturated/α-hetero) is 1. The molecule has 0 aromatic heterocycles. The van der Waals surface area contributed by atoms with Crippen LogP contribution >= 0.6 is 0 Å². The first-order chi connectivity index (χ1) is 7.02. The van der Waals surface area contributed by atoms with Gasteiger partial charge in [-0.1, -0.05) is 6.92 Å². The van der Waals surface area contributed by atoms with Crippen molar-refractivity contribution >= 4 is 11.8 Å². The zero-order chi connectivity index (χ0) is 11.8.